The molecule has 1 saturated heterocycles. The summed E-state index contributed by atoms with van der Waals surface area (Å²) in [6.45, 7) is 6.02. The highest BCUT2D eigenvalue weighted by molar-refractivity contribution is 6.30. The number of rotatable bonds is 7. The first-order valence-corrected chi connectivity index (χ1v) is 13.3. The zero-order valence-electron chi connectivity index (χ0n) is 21.8. The van der Waals surface area contributed by atoms with Gasteiger partial charge in [-0.1, -0.05) is 66.2 Å². The highest BCUT2D eigenvalue weighted by Gasteiger charge is 2.26. The molecular formula is C32H32ClN3O2. The number of amides is 1. The van der Waals surface area contributed by atoms with Crippen LogP contribution in [-0.2, 0) is 0 Å². The molecule has 0 N–H and O–H groups in total. The summed E-state index contributed by atoms with van der Waals surface area (Å²) >= 11 is 6.16. The lowest BCUT2D eigenvalue weighted by atomic mass is 10.1. The van der Waals surface area contributed by atoms with Crippen LogP contribution >= 0.6 is 11.6 Å². The lowest BCUT2D eigenvalue weighted by Crippen LogP contribution is -2.48. The molecule has 0 aliphatic carbocycles. The van der Waals surface area contributed by atoms with Gasteiger partial charge in [0.05, 0.1) is 18.4 Å². The van der Waals surface area contributed by atoms with Crippen molar-refractivity contribution in [2.24, 2.45) is 0 Å². The van der Waals surface area contributed by atoms with Gasteiger partial charge in [0.1, 0.15) is 5.75 Å². The Bertz CT molecular complexity index is 1400. The third-order valence-corrected chi connectivity index (χ3v) is 7.33. The van der Waals surface area contributed by atoms with Gasteiger partial charge in [0, 0.05) is 49.1 Å². The van der Waals surface area contributed by atoms with E-state index in [0.29, 0.717) is 18.1 Å². The normalized spacial score (nSPS) is 14.2. The molecule has 1 fully saturated rings. The Balaban J connectivity index is 1.35. The summed E-state index contributed by atoms with van der Waals surface area (Å²) in [5.74, 6) is 0.865. The van der Waals surface area contributed by atoms with Crippen molar-refractivity contribution in [1.82, 2.24) is 14.4 Å². The van der Waals surface area contributed by atoms with Crippen LogP contribution in [0.4, 0.5) is 0 Å². The molecule has 0 unspecified atom stereocenters. The highest BCUT2D eigenvalue weighted by atomic mass is 35.5. The lowest BCUT2D eigenvalue weighted by Gasteiger charge is -2.34. The van der Waals surface area contributed by atoms with Crippen molar-refractivity contribution in [2.45, 2.75) is 6.92 Å². The summed E-state index contributed by atoms with van der Waals surface area (Å²) in [5, 5.41) is 0.681. The molecule has 2 heterocycles. The number of hydrogen-bond acceptors (Lipinski definition) is 3. The Morgan fingerprint density at radius 3 is 2.26 bits per heavy atom. The molecule has 1 aromatic heterocycles. The second-order valence-corrected chi connectivity index (χ2v) is 9.91. The summed E-state index contributed by atoms with van der Waals surface area (Å²) in [6, 6.07) is 28.0. The largest absolute Gasteiger partial charge is 0.497 e. The Labute approximate surface area is 229 Å². The van der Waals surface area contributed by atoms with Crippen molar-refractivity contribution >= 4 is 23.6 Å². The molecule has 1 aliphatic heterocycles. The minimum absolute atomic E-state index is 0.0736. The number of piperazine rings is 1. The van der Waals surface area contributed by atoms with Gasteiger partial charge in [0.15, 0.2) is 0 Å². The molecule has 6 heteroatoms. The summed E-state index contributed by atoms with van der Waals surface area (Å²) in [5.41, 5.74) is 5.78. The van der Waals surface area contributed by atoms with Crippen molar-refractivity contribution in [3.8, 4) is 22.7 Å². The molecule has 5 nitrogen and oxygen atoms in total. The molecule has 0 saturated carbocycles. The first-order valence-electron chi connectivity index (χ1n) is 12.9. The second-order valence-electron chi connectivity index (χ2n) is 9.47. The van der Waals surface area contributed by atoms with Crippen LogP contribution in [0.25, 0.3) is 23.0 Å². The van der Waals surface area contributed by atoms with Gasteiger partial charge in [-0.05, 0) is 60.5 Å². The third kappa shape index (κ3) is 5.69. The Kier molecular flexibility index (Phi) is 7.97. The molecule has 0 bridgehead atoms. The number of hydrogen-bond donors (Lipinski definition) is 0. The molecule has 194 valence electrons. The van der Waals surface area contributed by atoms with Gasteiger partial charge in [-0.15, -0.1) is 0 Å². The minimum Gasteiger partial charge on any atom is -0.497 e. The van der Waals surface area contributed by atoms with E-state index >= 15 is 0 Å². The van der Waals surface area contributed by atoms with Crippen LogP contribution in [0, 0.1) is 6.92 Å². The molecule has 3 aromatic carbocycles. The van der Waals surface area contributed by atoms with E-state index in [4.69, 9.17) is 16.3 Å². The van der Waals surface area contributed by atoms with Crippen molar-refractivity contribution in [3.63, 3.8) is 0 Å². The Hall–Kier alpha value is -3.80. The maximum atomic E-state index is 13.7. The van der Waals surface area contributed by atoms with Crippen LogP contribution in [0.3, 0.4) is 0 Å². The van der Waals surface area contributed by atoms with Crippen LogP contribution in [0.1, 0.15) is 21.6 Å². The van der Waals surface area contributed by atoms with Crippen molar-refractivity contribution in [2.75, 3.05) is 39.8 Å². The zero-order valence-corrected chi connectivity index (χ0v) is 22.6. The standard InChI is InChI=1S/C32H32ClN3O2/c1-24-30(32(37)35-21-19-34(20-22-35)18-6-9-25-7-4-3-5-8-25)23-31(26-10-12-27(33)13-11-26)36(24)28-14-16-29(38-2)17-15-28/h3-17,23H,18-22H2,1-2H3/b9-6+. The minimum atomic E-state index is 0.0736. The SMILES string of the molecule is COc1ccc(-n2c(-c3ccc(Cl)cc3)cc(C(=O)N3CCN(C/C=C/c4ccccc4)CC3)c2C)cc1. The fourth-order valence-corrected chi connectivity index (χ4v) is 5.05. The first-order chi connectivity index (χ1) is 18.5. The predicted octanol–water partition coefficient (Wildman–Crippen LogP) is 6.59. The first kappa shape index (κ1) is 25.8. The third-order valence-electron chi connectivity index (χ3n) is 7.08. The highest BCUT2D eigenvalue weighted by Crippen LogP contribution is 2.32. The van der Waals surface area contributed by atoms with Crippen molar-refractivity contribution in [1.29, 1.82) is 0 Å². The number of methoxy groups -OCH3 is 1. The number of benzene rings is 3. The van der Waals surface area contributed by atoms with E-state index in [1.807, 2.05) is 84.6 Å². The molecule has 38 heavy (non-hydrogen) atoms. The second kappa shape index (κ2) is 11.7. The molecule has 0 spiro atoms. The Morgan fingerprint density at radius 2 is 1.61 bits per heavy atom. The van der Waals surface area contributed by atoms with Gasteiger partial charge in [-0.2, -0.15) is 0 Å². The van der Waals surface area contributed by atoms with Crippen LogP contribution in [-0.4, -0.2) is 60.1 Å². The van der Waals surface area contributed by atoms with E-state index in [2.05, 4.69) is 33.8 Å². The molecule has 0 atom stereocenters. The number of nitrogens with zero attached hydrogens (tertiary/aromatic N) is 3. The quantitative estimate of drug-likeness (QED) is 0.273. The van der Waals surface area contributed by atoms with E-state index < -0.39 is 0 Å². The average molecular weight is 526 g/mol. The molecule has 0 radical (unpaired) electrons. The van der Waals surface area contributed by atoms with E-state index in [1.54, 1.807) is 7.11 Å². The lowest BCUT2D eigenvalue weighted by molar-refractivity contribution is 0.0649. The van der Waals surface area contributed by atoms with Crippen LogP contribution in [0.15, 0.2) is 91.0 Å². The number of carbonyl (C=O) groups excluding carboxylic acids is 1. The number of halogens is 1. The van der Waals surface area contributed by atoms with Gasteiger partial charge in [0.25, 0.3) is 5.91 Å². The van der Waals surface area contributed by atoms with Gasteiger partial charge in [0.2, 0.25) is 0 Å². The Morgan fingerprint density at radius 1 is 0.921 bits per heavy atom. The van der Waals surface area contributed by atoms with E-state index in [-0.39, 0.29) is 5.91 Å². The van der Waals surface area contributed by atoms with Crippen molar-refractivity contribution in [3.05, 3.63) is 113 Å². The maximum absolute atomic E-state index is 13.7. The fourth-order valence-electron chi connectivity index (χ4n) is 4.93. The van der Waals surface area contributed by atoms with Gasteiger partial charge in [-0.25, -0.2) is 0 Å². The number of aromatic nitrogens is 1. The van der Waals surface area contributed by atoms with Gasteiger partial charge in [-0.3, -0.25) is 9.69 Å². The van der Waals surface area contributed by atoms with Crippen molar-refractivity contribution < 1.29 is 9.53 Å². The van der Waals surface area contributed by atoms with Crippen LogP contribution in [0.5, 0.6) is 5.75 Å². The summed E-state index contributed by atoms with van der Waals surface area (Å²) in [6.07, 6.45) is 4.35. The molecular weight excluding hydrogens is 494 g/mol. The molecule has 5 rings (SSSR count). The monoisotopic (exact) mass is 525 g/mol. The average Bonchev–Trinajstić information content (AvgIpc) is 3.31. The molecule has 4 aromatic rings. The zero-order chi connectivity index (χ0) is 26.5. The number of carbonyl (C=O) groups is 1. The molecule has 1 aliphatic rings. The maximum Gasteiger partial charge on any atom is 0.255 e. The van der Waals surface area contributed by atoms with E-state index in [9.17, 15) is 4.79 Å². The summed E-state index contributed by atoms with van der Waals surface area (Å²) in [4.78, 5) is 18.1. The van der Waals surface area contributed by atoms with Gasteiger partial charge >= 0.3 is 0 Å². The summed E-state index contributed by atoms with van der Waals surface area (Å²) < 4.78 is 7.49. The number of ether oxygens (including phenoxy) is 1. The van der Waals surface area contributed by atoms with E-state index in [0.717, 1.165) is 53.6 Å². The molecule has 1 amide bonds. The summed E-state index contributed by atoms with van der Waals surface area (Å²) in [7, 11) is 1.66. The van der Waals surface area contributed by atoms with Crippen LogP contribution in [0.2, 0.25) is 5.02 Å². The topological polar surface area (TPSA) is 37.7 Å². The predicted molar refractivity (Wildman–Crippen MR) is 155 cm³/mol. The van der Waals surface area contributed by atoms with Crippen LogP contribution < -0.4 is 4.74 Å². The smallest absolute Gasteiger partial charge is 0.255 e. The van der Waals surface area contributed by atoms with E-state index in [1.165, 1.54) is 5.56 Å². The fraction of sp³-hybridized carbons (Fsp3) is 0.219. The van der Waals surface area contributed by atoms with Gasteiger partial charge < -0.3 is 14.2 Å².